The van der Waals surface area contributed by atoms with Gasteiger partial charge in [-0.05, 0) is 120 Å². The second-order valence-electron chi connectivity index (χ2n) is 16.1. The second-order valence-corrected chi connectivity index (χ2v) is 16.1. The van der Waals surface area contributed by atoms with Crippen LogP contribution in [0.4, 0.5) is 17.1 Å². The van der Waals surface area contributed by atoms with Gasteiger partial charge in [-0.2, -0.15) is 0 Å². The first-order valence-electron chi connectivity index (χ1n) is 20.0. The van der Waals surface area contributed by atoms with Gasteiger partial charge in [-0.1, -0.05) is 184 Å². The first-order valence-corrected chi connectivity index (χ1v) is 20.0. The second kappa shape index (κ2) is 12.8. The lowest BCUT2D eigenvalue weighted by atomic mass is 9.67. The molecule has 0 radical (unpaired) electrons. The average Bonchev–Trinajstić information content (AvgIpc) is 3.69. The predicted molar refractivity (Wildman–Crippen MR) is 239 cm³/mol. The molecule has 11 rings (SSSR count). The van der Waals surface area contributed by atoms with Crippen LogP contribution in [0.5, 0.6) is 0 Å². The Hall–Kier alpha value is -6.96. The van der Waals surface area contributed by atoms with E-state index in [4.69, 9.17) is 0 Å². The van der Waals surface area contributed by atoms with Crippen molar-refractivity contribution in [2.24, 2.45) is 0 Å². The number of hydrogen-bond acceptors (Lipinski definition) is 1. The Kier molecular flexibility index (Phi) is 7.50. The van der Waals surface area contributed by atoms with Gasteiger partial charge in [-0.3, -0.25) is 0 Å². The monoisotopic (exact) mass is 727 g/mol. The van der Waals surface area contributed by atoms with Gasteiger partial charge in [-0.15, -0.1) is 0 Å². The minimum absolute atomic E-state index is 0.122. The zero-order valence-electron chi connectivity index (χ0n) is 32.2. The lowest BCUT2D eigenvalue weighted by Gasteiger charge is -2.35. The lowest BCUT2D eigenvalue weighted by molar-refractivity contribution is 0.660. The third-order valence-corrected chi connectivity index (χ3v) is 12.7. The molecule has 0 saturated carbocycles. The molecule has 1 nitrogen and oxygen atoms in total. The minimum atomic E-state index is -0.488. The quantitative estimate of drug-likeness (QED) is 0.165. The number of fused-ring (bicyclic) bond motifs is 7. The van der Waals surface area contributed by atoms with Gasteiger partial charge in [0.2, 0.25) is 0 Å². The van der Waals surface area contributed by atoms with E-state index < -0.39 is 5.41 Å². The van der Waals surface area contributed by atoms with Gasteiger partial charge in [0.25, 0.3) is 0 Å². The summed E-state index contributed by atoms with van der Waals surface area (Å²) >= 11 is 0. The molecule has 0 aromatic heterocycles. The van der Waals surface area contributed by atoms with Crippen molar-refractivity contribution in [2.45, 2.75) is 24.7 Å². The van der Waals surface area contributed by atoms with Crippen LogP contribution >= 0.6 is 0 Å². The molecule has 0 aliphatic heterocycles. The van der Waals surface area contributed by atoms with Crippen LogP contribution in [0.2, 0.25) is 0 Å². The maximum atomic E-state index is 2.47. The largest absolute Gasteiger partial charge is 0.310 e. The Balaban J connectivity index is 1.13. The fourth-order valence-electron chi connectivity index (χ4n) is 10.0. The molecule has 0 bridgehead atoms. The van der Waals surface area contributed by atoms with Gasteiger partial charge in [0.05, 0.1) is 5.41 Å². The summed E-state index contributed by atoms with van der Waals surface area (Å²) in [6, 6.07) is 78.8. The van der Waals surface area contributed by atoms with Crippen LogP contribution in [0.1, 0.15) is 47.2 Å². The predicted octanol–water partition coefficient (Wildman–Crippen LogP) is 14.6. The van der Waals surface area contributed by atoms with E-state index in [-0.39, 0.29) is 5.41 Å². The van der Waals surface area contributed by atoms with Crippen LogP contribution in [0, 0.1) is 0 Å². The Bertz CT molecular complexity index is 2930. The molecule has 9 aromatic rings. The summed E-state index contributed by atoms with van der Waals surface area (Å²) in [6.07, 6.45) is 0. The maximum absolute atomic E-state index is 2.47. The van der Waals surface area contributed by atoms with Crippen molar-refractivity contribution in [3.05, 3.63) is 246 Å². The fraction of sp³-hybridized carbons (Fsp3) is 0.0714. The fourth-order valence-corrected chi connectivity index (χ4v) is 10.0. The highest BCUT2D eigenvalue weighted by Crippen LogP contribution is 2.58. The number of rotatable bonds is 6. The molecule has 1 heteroatoms. The number of hydrogen-bond donors (Lipinski definition) is 0. The number of anilines is 3. The zero-order chi connectivity index (χ0) is 38.1. The third-order valence-electron chi connectivity index (χ3n) is 12.7. The summed E-state index contributed by atoms with van der Waals surface area (Å²) in [5.41, 5.74) is 18.3. The van der Waals surface area contributed by atoms with Crippen LogP contribution in [0.15, 0.2) is 212 Å². The molecular formula is C56H41N. The van der Waals surface area contributed by atoms with E-state index in [2.05, 4.69) is 231 Å². The Labute approximate surface area is 335 Å². The van der Waals surface area contributed by atoms with E-state index in [1.165, 1.54) is 77.5 Å². The van der Waals surface area contributed by atoms with Crippen LogP contribution in [0.25, 0.3) is 44.2 Å². The Morgan fingerprint density at radius 1 is 0.316 bits per heavy atom. The van der Waals surface area contributed by atoms with Crippen LogP contribution in [-0.4, -0.2) is 0 Å². The molecule has 0 unspecified atom stereocenters. The number of nitrogens with zero attached hydrogens (tertiary/aromatic N) is 1. The summed E-state index contributed by atoms with van der Waals surface area (Å²) in [4.78, 5) is 2.47. The molecule has 0 spiro atoms. The molecule has 57 heavy (non-hydrogen) atoms. The molecular weight excluding hydrogens is 687 g/mol. The summed E-state index contributed by atoms with van der Waals surface area (Å²) in [5, 5.41) is 2.51. The first-order chi connectivity index (χ1) is 28.0. The molecule has 0 atom stereocenters. The van der Waals surface area contributed by atoms with Crippen molar-refractivity contribution in [1.29, 1.82) is 0 Å². The lowest BCUT2D eigenvalue weighted by Crippen LogP contribution is -2.28. The molecule has 2 aliphatic rings. The molecule has 0 N–H and O–H groups in total. The molecule has 0 saturated heterocycles. The van der Waals surface area contributed by atoms with Crippen molar-refractivity contribution in [2.75, 3.05) is 4.90 Å². The van der Waals surface area contributed by atoms with Crippen LogP contribution in [-0.2, 0) is 10.8 Å². The Morgan fingerprint density at radius 3 is 1.46 bits per heavy atom. The van der Waals surface area contributed by atoms with Crippen LogP contribution in [0.3, 0.4) is 0 Å². The molecule has 0 amide bonds. The minimum Gasteiger partial charge on any atom is -0.310 e. The molecule has 270 valence electrons. The van der Waals surface area contributed by atoms with Crippen molar-refractivity contribution in [3.8, 4) is 33.4 Å². The van der Waals surface area contributed by atoms with Crippen molar-refractivity contribution in [1.82, 2.24) is 0 Å². The van der Waals surface area contributed by atoms with Gasteiger partial charge in [0.15, 0.2) is 0 Å². The van der Waals surface area contributed by atoms with E-state index in [0.29, 0.717) is 0 Å². The molecule has 0 fully saturated rings. The highest BCUT2D eigenvalue weighted by atomic mass is 15.1. The van der Waals surface area contributed by atoms with E-state index >= 15 is 0 Å². The SMILES string of the molecule is CC1(C)c2ccccc2-c2ccc(N(c3ccc(-c4ccc5ccccc5c4)cc3)c3ccc4c(c3)C(c3ccccc3)(c3ccccc3)c3ccccc3-4)cc21. The van der Waals surface area contributed by atoms with Crippen LogP contribution < -0.4 is 4.90 Å². The maximum Gasteiger partial charge on any atom is 0.0714 e. The van der Waals surface area contributed by atoms with E-state index in [1.807, 2.05) is 0 Å². The highest BCUT2D eigenvalue weighted by molar-refractivity contribution is 5.92. The van der Waals surface area contributed by atoms with Gasteiger partial charge in [0.1, 0.15) is 0 Å². The highest BCUT2D eigenvalue weighted by Gasteiger charge is 2.46. The molecule has 2 aliphatic carbocycles. The number of benzene rings is 9. The third kappa shape index (κ3) is 5.02. The summed E-state index contributed by atoms with van der Waals surface area (Å²) in [6.45, 7) is 4.73. The Morgan fingerprint density at radius 2 is 0.789 bits per heavy atom. The van der Waals surface area contributed by atoms with Crippen molar-refractivity contribution < 1.29 is 0 Å². The molecule has 0 heterocycles. The average molecular weight is 728 g/mol. The smallest absolute Gasteiger partial charge is 0.0714 e. The zero-order valence-corrected chi connectivity index (χ0v) is 32.2. The van der Waals surface area contributed by atoms with E-state index in [9.17, 15) is 0 Å². The van der Waals surface area contributed by atoms with Gasteiger partial charge < -0.3 is 4.90 Å². The molecule has 9 aromatic carbocycles. The van der Waals surface area contributed by atoms with Crippen molar-refractivity contribution >= 4 is 27.8 Å². The summed E-state index contributed by atoms with van der Waals surface area (Å²) in [5.74, 6) is 0. The standard InChI is InChI=1S/C56H41N/c1-55(2)51-23-13-11-21-47(51)49-33-31-45(36-53(49)55)57(44-29-27-39(28-30-44)41-26-25-38-15-9-10-16-40(38)35-41)46-32-34-50-48-22-12-14-24-52(48)56(54(50)37-46,42-17-5-3-6-18-42)43-19-7-4-8-20-43/h3-37H,1-2H3. The van der Waals surface area contributed by atoms with Gasteiger partial charge >= 0.3 is 0 Å². The summed E-state index contributed by atoms with van der Waals surface area (Å²) < 4.78 is 0. The van der Waals surface area contributed by atoms with Gasteiger partial charge in [0, 0.05) is 22.5 Å². The van der Waals surface area contributed by atoms with Crippen molar-refractivity contribution in [3.63, 3.8) is 0 Å². The first kappa shape index (κ1) is 33.4. The topological polar surface area (TPSA) is 3.24 Å². The normalized spacial score (nSPS) is 14.1. The summed E-state index contributed by atoms with van der Waals surface area (Å²) in [7, 11) is 0. The van der Waals surface area contributed by atoms with Gasteiger partial charge in [-0.25, -0.2) is 0 Å². The van der Waals surface area contributed by atoms with E-state index in [1.54, 1.807) is 0 Å². The van der Waals surface area contributed by atoms with E-state index in [0.717, 1.165) is 17.1 Å².